The molecule has 0 saturated heterocycles. The molecule has 0 spiro atoms. The van der Waals surface area contributed by atoms with E-state index < -0.39 is 11.8 Å². The summed E-state index contributed by atoms with van der Waals surface area (Å²) in [7, 11) is 0. The fourth-order valence-electron chi connectivity index (χ4n) is 3.58. The number of benzene rings is 2. The molecule has 0 saturated carbocycles. The topological polar surface area (TPSA) is 78.4 Å². The van der Waals surface area contributed by atoms with Crippen LogP contribution in [-0.2, 0) is 22.4 Å². The first-order chi connectivity index (χ1) is 13.0. The molecule has 2 aromatic rings. The number of carbonyl (C=O) groups excluding carboxylic acids is 2. The van der Waals surface area contributed by atoms with Crippen LogP contribution >= 0.6 is 0 Å². The van der Waals surface area contributed by atoms with Gasteiger partial charge in [0.1, 0.15) is 5.75 Å². The lowest BCUT2D eigenvalue weighted by Gasteiger charge is -2.21. The number of hydrogen-bond acceptors (Lipinski definition) is 3. The van der Waals surface area contributed by atoms with Gasteiger partial charge in [0.05, 0.1) is 6.04 Å². The number of carbonyl (C=O) groups is 2. The van der Waals surface area contributed by atoms with Gasteiger partial charge in [0.2, 0.25) is 0 Å². The van der Waals surface area contributed by atoms with Gasteiger partial charge in [0.15, 0.2) is 0 Å². The number of amides is 2. The Balaban J connectivity index is 1.68. The van der Waals surface area contributed by atoms with Crippen molar-refractivity contribution in [1.82, 2.24) is 5.32 Å². The first-order valence-corrected chi connectivity index (χ1v) is 9.51. The van der Waals surface area contributed by atoms with E-state index in [-0.39, 0.29) is 11.8 Å². The number of phenols is 1. The predicted molar refractivity (Wildman–Crippen MR) is 106 cm³/mol. The summed E-state index contributed by atoms with van der Waals surface area (Å²) in [6.07, 6.45) is 5.34. The second-order valence-electron chi connectivity index (χ2n) is 7.12. The Bertz CT molecular complexity index is 861. The Hall–Kier alpha value is -2.82. The normalized spacial score (nSPS) is 14.1. The SMILES string of the molecule is CCC(NC(=O)C(=O)Nc1ccc(O)cc1C)c1ccc2c(c1)CCCC2. The molecule has 1 aliphatic carbocycles. The van der Waals surface area contributed by atoms with Crippen LogP contribution < -0.4 is 10.6 Å². The fourth-order valence-corrected chi connectivity index (χ4v) is 3.58. The molecular weight excluding hydrogens is 340 g/mol. The van der Waals surface area contributed by atoms with Crippen molar-refractivity contribution in [3.8, 4) is 5.75 Å². The van der Waals surface area contributed by atoms with Gasteiger partial charge in [0, 0.05) is 5.69 Å². The Morgan fingerprint density at radius 1 is 1.04 bits per heavy atom. The summed E-state index contributed by atoms with van der Waals surface area (Å²) in [6, 6.07) is 10.8. The number of nitrogens with one attached hydrogen (secondary N) is 2. The van der Waals surface area contributed by atoms with Crippen LogP contribution in [0.1, 0.15) is 54.5 Å². The minimum Gasteiger partial charge on any atom is -0.508 e. The van der Waals surface area contributed by atoms with Gasteiger partial charge in [-0.1, -0.05) is 25.1 Å². The van der Waals surface area contributed by atoms with E-state index in [0.29, 0.717) is 17.7 Å². The first-order valence-electron chi connectivity index (χ1n) is 9.51. The molecule has 0 bridgehead atoms. The zero-order valence-electron chi connectivity index (χ0n) is 15.8. The molecular formula is C22H26N2O3. The van der Waals surface area contributed by atoms with Crippen LogP contribution in [-0.4, -0.2) is 16.9 Å². The molecule has 0 aliphatic heterocycles. The Labute approximate surface area is 159 Å². The monoisotopic (exact) mass is 366 g/mol. The van der Waals surface area contributed by atoms with E-state index in [9.17, 15) is 14.7 Å². The van der Waals surface area contributed by atoms with E-state index in [1.54, 1.807) is 13.0 Å². The molecule has 3 N–H and O–H groups in total. The number of phenolic OH excluding ortho intramolecular Hbond substituents is 1. The van der Waals surface area contributed by atoms with Gasteiger partial charge in [-0.2, -0.15) is 0 Å². The molecule has 5 heteroatoms. The summed E-state index contributed by atoms with van der Waals surface area (Å²) < 4.78 is 0. The van der Waals surface area contributed by atoms with E-state index in [1.807, 2.05) is 6.92 Å². The van der Waals surface area contributed by atoms with Gasteiger partial charge in [-0.15, -0.1) is 0 Å². The number of hydrogen-bond donors (Lipinski definition) is 3. The lowest BCUT2D eigenvalue weighted by Crippen LogP contribution is -2.37. The van der Waals surface area contributed by atoms with Gasteiger partial charge in [-0.3, -0.25) is 9.59 Å². The van der Waals surface area contributed by atoms with Crippen molar-refractivity contribution in [2.75, 3.05) is 5.32 Å². The molecule has 0 radical (unpaired) electrons. The minimum absolute atomic E-state index is 0.119. The summed E-state index contributed by atoms with van der Waals surface area (Å²) in [5.74, 6) is -1.25. The number of fused-ring (bicyclic) bond motifs is 1. The fraction of sp³-hybridized carbons (Fsp3) is 0.364. The largest absolute Gasteiger partial charge is 0.508 e. The lowest BCUT2D eigenvalue weighted by atomic mass is 9.89. The van der Waals surface area contributed by atoms with Crippen molar-refractivity contribution < 1.29 is 14.7 Å². The number of rotatable bonds is 4. The van der Waals surface area contributed by atoms with Gasteiger partial charge in [-0.05, 0) is 79.5 Å². The van der Waals surface area contributed by atoms with Crippen LogP contribution in [0.15, 0.2) is 36.4 Å². The Morgan fingerprint density at radius 3 is 2.48 bits per heavy atom. The molecule has 1 unspecified atom stereocenters. The van der Waals surface area contributed by atoms with Crippen LogP contribution in [0.3, 0.4) is 0 Å². The van der Waals surface area contributed by atoms with Crippen molar-refractivity contribution in [1.29, 1.82) is 0 Å². The van der Waals surface area contributed by atoms with Crippen molar-refractivity contribution in [2.45, 2.75) is 52.0 Å². The van der Waals surface area contributed by atoms with Gasteiger partial charge in [0.25, 0.3) is 0 Å². The minimum atomic E-state index is -0.708. The molecule has 0 aromatic heterocycles. The highest BCUT2D eigenvalue weighted by Crippen LogP contribution is 2.26. The smallest absolute Gasteiger partial charge is 0.313 e. The summed E-state index contributed by atoms with van der Waals surface area (Å²) >= 11 is 0. The van der Waals surface area contributed by atoms with E-state index in [0.717, 1.165) is 18.4 Å². The zero-order valence-corrected chi connectivity index (χ0v) is 15.8. The van der Waals surface area contributed by atoms with Crippen LogP contribution in [0.25, 0.3) is 0 Å². The van der Waals surface area contributed by atoms with Crippen molar-refractivity contribution in [2.24, 2.45) is 0 Å². The maximum Gasteiger partial charge on any atom is 0.313 e. The number of anilines is 1. The molecule has 0 heterocycles. The number of aryl methyl sites for hydroxylation is 3. The average Bonchev–Trinajstić information content (AvgIpc) is 2.67. The lowest BCUT2D eigenvalue weighted by molar-refractivity contribution is -0.136. The maximum atomic E-state index is 12.4. The molecule has 1 aliphatic rings. The molecule has 2 amide bonds. The molecule has 142 valence electrons. The van der Waals surface area contributed by atoms with Crippen molar-refractivity contribution >= 4 is 17.5 Å². The quantitative estimate of drug-likeness (QED) is 0.569. The highest BCUT2D eigenvalue weighted by atomic mass is 16.3. The Morgan fingerprint density at radius 2 is 1.78 bits per heavy atom. The highest BCUT2D eigenvalue weighted by Gasteiger charge is 2.21. The second-order valence-corrected chi connectivity index (χ2v) is 7.12. The first kappa shape index (κ1) is 19.0. The third-order valence-corrected chi connectivity index (χ3v) is 5.15. The third kappa shape index (κ3) is 4.48. The standard InChI is InChI=1S/C22H26N2O3/c1-3-19(17-9-8-15-6-4-5-7-16(15)13-17)23-21(26)22(27)24-20-11-10-18(25)12-14(20)2/h8-13,19,25H,3-7H2,1-2H3,(H,23,26)(H,24,27). The molecule has 27 heavy (non-hydrogen) atoms. The van der Waals surface area contributed by atoms with E-state index in [2.05, 4.69) is 28.8 Å². The van der Waals surface area contributed by atoms with Gasteiger partial charge >= 0.3 is 11.8 Å². The van der Waals surface area contributed by atoms with E-state index in [1.165, 1.54) is 36.1 Å². The summed E-state index contributed by atoms with van der Waals surface area (Å²) in [4.78, 5) is 24.7. The van der Waals surface area contributed by atoms with Crippen molar-refractivity contribution in [3.05, 3.63) is 58.7 Å². The predicted octanol–water partition coefficient (Wildman–Crippen LogP) is 3.79. The molecule has 5 nitrogen and oxygen atoms in total. The average molecular weight is 366 g/mol. The van der Waals surface area contributed by atoms with E-state index >= 15 is 0 Å². The summed E-state index contributed by atoms with van der Waals surface area (Å²) in [5, 5.41) is 14.9. The molecule has 1 atom stereocenters. The molecule has 2 aromatic carbocycles. The van der Waals surface area contributed by atoms with Crippen LogP contribution in [0.5, 0.6) is 5.75 Å². The van der Waals surface area contributed by atoms with Crippen LogP contribution in [0.4, 0.5) is 5.69 Å². The zero-order chi connectivity index (χ0) is 19.4. The maximum absolute atomic E-state index is 12.4. The second kappa shape index (κ2) is 8.25. The summed E-state index contributed by atoms with van der Waals surface area (Å²) in [5.41, 5.74) is 5.00. The van der Waals surface area contributed by atoms with Crippen LogP contribution in [0.2, 0.25) is 0 Å². The van der Waals surface area contributed by atoms with Crippen LogP contribution in [0, 0.1) is 6.92 Å². The molecule has 0 fully saturated rings. The van der Waals surface area contributed by atoms with Gasteiger partial charge in [-0.25, -0.2) is 0 Å². The highest BCUT2D eigenvalue weighted by molar-refractivity contribution is 6.39. The molecule has 3 rings (SSSR count). The van der Waals surface area contributed by atoms with Gasteiger partial charge < -0.3 is 15.7 Å². The van der Waals surface area contributed by atoms with E-state index in [4.69, 9.17) is 0 Å². The number of aromatic hydroxyl groups is 1. The Kier molecular flexibility index (Phi) is 5.79. The van der Waals surface area contributed by atoms with Crippen molar-refractivity contribution in [3.63, 3.8) is 0 Å². The third-order valence-electron chi connectivity index (χ3n) is 5.15. The summed E-state index contributed by atoms with van der Waals surface area (Å²) in [6.45, 7) is 3.75.